The summed E-state index contributed by atoms with van der Waals surface area (Å²) in [4.78, 5) is 1.31. The molecule has 21 heavy (non-hydrogen) atoms. The van der Waals surface area contributed by atoms with E-state index in [-0.39, 0.29) is 18.6 Å². The van der Waals surface area contributed by atoms with E-state index in [1.807, 2.05) is 18.4 Å². The maximum absolute atomic E-state index is 12.9. The SMILES string of the molecule is CC1c2ccsc2CCN1S(=O)(=O)N1CCCC(CO)C1. The standard InChI is InChI=1S/C14H22N2O3S2/c1-11-13-5-8-20-14(13)4-7-16(11)21(18,19)15-6-2-3-12(9-15)10-17/h5,8,11-12,17H,2-4,6-7,9-10H2,1H3. The summed E-state index contributed by atoms with van der Waals surface area (Å²) in [6.45, 7) is 3.60. The molecule has 2 aliphatic heterocycles. The molecule has 1 aromatic rings. The minimum Gasteiger partial charge on any atom is -0.396 e. The summed E-state index contributed by atoms with van der Waals surface area (Å²) >= 11 is 1.71. The van der Waals surface area contributed by atoms with E-state index >= 15 is 0 Å². The van der Waals surface area contributed by atoms with Gasteiger partial charge in [0, 0.05) is 37.2 Å². The van der Waals surface area contributed by atoms with Crippen molar-refractivity contribution in [1.82, 2.24) is 8.61 Å². The van der Waals surface area contributed by atoms with Crippen LogP contribution in [0.5, 0.6) is 0 Å². The maximum Gasteiger partial charge on any atom is 0.282 e. The third-order valence-corrected chi connectivity index (χ3v) is 7.66. The second-order valence-electron chi connectivity index (χ2n) is 5.89. The summed E-state index contributed by atoms with van der Waals surface area (Å²) in [6.07, 6.45) is 2.54. The lowest BCUT2D eigenvalue weighted by atomic mass is 10.0. The summed E-state index contributed by atoms with van der Waals surface area (Å²) in [5, 5.41) is 11.3. The van der Waals surface area contributed by atoms with E-state index in [0.717, 1.165) is 24.8 Å². The number of rotatable bonds is 3. The molecule has 2 unspecified atom stereocenters. The van der Waals surface area contributed by atoms with Crippen molar-refractivity contribution in [2.75, 3.05) is 26.2 Å². The lowest BCUT2D eigenvalue weighted by Gasteiger charge is -2.39. The molecule has 0 radical (unpaired) electrons. The number of nitrogens with zero attached hydrogens (tertiary/aromatic N) is 2. The maximum atomic E-state index is 12.9. The van der Waals surface area contributed by atoms with Crippen molar-refractivity contribution < 1.29 is 13.5 Å². The Balaban J connectivity index is 1.82. The van der Waals surface area contributed by atoms with E-state index in [9.17, 15) is 13.5 Å². The van der Waals surface area contributed by atoms with Crippen LogP contribution in [0.4, 0.5) is 0 Å². The van der Waals surface area contributed by atoms with Gasteiger partial charge >= 0.3 is 0 Å². The first kappa shape index (κ1) is 15.4. The van der Waals surface area contributed by atoms with Gasteiger partial charge in [0.05, 0.1) is 0 Å². The first-order valence-electron chi connectivity index (χ1n) is 7.48. The molecule has 0 saturated carbocycles. The van der Waals surface area contributed by atoms with Crippen LogP contribution in [0.25, 0.3) is 0 Å². The van der Waals surface area contributed by atoms with E-state index in [1.165, 1.54) is 4.88 Å². The molecule has 0 bridgehead atoms. The number of fused-ring (bicyclic) bond motifs is 1. The Bertz CT molecular complexity index is 599. The average Bonchev–Trinajstić information content (AvgIpc) is 2.97. The Hall–Kier alpha value is -0.470. The fourth-order valence-electron chi connectivity index (χ4n) is 3.34. The zero-order valence-corrected chi connectivity index (χ0v) is 13.9. The smallest absolute Gasteiger partial charge is 0.282 e. The highest BCUT2D eigenvalue weighted by Gasteiger charge is 2.38. The molecule has 1 fully saturated rings. The second-order valence-corrected chi connectivity index (χ2v) is 8.77. The van der Waals surface area contributed by atoms with E-state index in [4.69, 9.17) is 0 Å². The van der Waals surface area contributed by atoms with Crippen LogP contribution in [0, 0.1) is 5.92 Å². The molecule has 118 valence electrons. The highest BCUT2D eigenvalue weighted by Crippen LogP contribution is 2.36. The number of thiophene rings is 1. The third kappa shape index (κ3) is 2.77. The molecule has 2 atom stereocenters. The molecular formula is C14H22N2O3S2. The number of aliphatic hydroxyl groups is 1. The van der Waals surface area contributed by atoms with Crippen LogP contribution in [0.3, 0.4) is 0 Å². The summed E-state index contributed by atoms with van der Waals surface area (Å²) in [7, 11) is -3.44. The zero-order valence-electron chi connectivity index (χ0n) is 12.2. The van der Waals surface area contributed by atoms with Gasteiger partial charge in [-0.2, -0.15) is 17.0 Å². The van der Waals surface area contributed by atoms with Crippen LogP contribution in [0.1, 0.15) is 36.2 Å². The lowest BCUT2D eigenvalue weighted by Crippen LogP contribution is -2.50. The number of hydrogen-bond acceptors (Lipinski definition) is 4. The molecule has 0 aliphatic carbocycles. The number of aliphatic hydroxyl groups excluding tert-OH is 1. The van der Waals surface area contributed by atoms with Crippen molar-refractivity contribution in [2.45, 2.75) is 32.2 Å². The molecule has 1 N–H and O–H groups in total. The van der Waals surface area contributed by atoms with Crippen LogP contribution in [-0.2, 0) is 16.6 Å². The lowest BCUT2D eigenvalue weighted by molar-refractivity contribution is 0.158. The molecule has 0 spiro atoms. The van der Waals surface area contributed by atoms with Gasteiger partial charge in [0.1, 0.15) is 0 Å². The van der Waals surface area contributed by atoms with Crippen molar-refractivity contribution in [3.8, 4) is 0 Å². The van der Waals surface area contributed by atoms with Crippen LogP contribution in [0.15, 0.2) is 11.4 Å². The fourth-order valence-corrected chi connectivity index (χ4v) is 6.19. The summed E-state index contributed by atoms with van der Waals surface area (Å²) < 4.78 is 29.0. The monoisotopic (exact) mass is 330 g/mol. The van der Waals surface area contributed by atoms with Crippen molar-refractivity contribution in [2.24, 2.45) is 5.92 Å². The zero-order chi connectivity index (χ0) is 15.0. The van der Waals surface area contributed by atoms with Gasteiger partial charge in [-0.3, -0.25) is 0 Å². The average molecular weight is 330 g/mol. The largest absolute Gasteiger partial charge is 0.396 e. The van der Waals surface area contributed by atoms with Gasteiger partial charge in [0.25, 0.3) is 10.2 Å². The van der Waals surface area contributed by atoms with Gasteiger partial charge in [-0.25, -0.2) is 0 Å². The minimum absolute atomic E-state index is 0.0657. The molecule has 0 amide bonds. The molecule has 1 aromatic heterocycles. The topological polar surface area (TPSA) is 60.9 Å². The summed E-state index contributed by atoms with van der Waals surface area (Å²) in [5.41, 5.74) is 1.14. The van der Waals surface area contributed by atoms with Gasteiger partial charge in [-0.15, -0.1) is 11.3 Å². The molecule has 1 saturated heterocycles. The summed E-state index contributed by atoms with van der Waals surface area (Å²) in [5.74, 6) is 0.0744. The molecular weight excluding hydrogens is 308 g/mol. The quantitative estimate of drug-likeness (QED) is 0.916. The van der Waals surface area contributed by atoms with Crippen LogP contribution in [-0.4, -0.2) is 48.4 Å². The van der Waals surface area contributed by atoms with Gasteiger partial charge in [-0.05, 0) is 49.1 Å². The van der Waals surface area contributed by atoms with Gasteiger partial charge in [-0.1, -0.05) is 0 Å². The van der Waals surface area contributed by atoms with Crippen LogP contribution >= 0.6 is 11.3 Å². The Morgan fingerprint density at radius 2 is 2.24 bits per heavy atom. The Kier molecular flexibility index (Phi) is 4.38. The second kappa shape index (κ2) is 5.96. The van der Waals surface area contributed by atoms with E-state index < -0.39 is 10.2 Å². The highest BCUT2D eigenvalue weighted by molar-refractivity contribution is 7.86. The number of piperidine rings is 1. The molecule has 0 aromatic carbocycles. The first-order valence-corrected chi connectivity index (χ1v) is 9.75. The molecule has 5 nitrogen and oxygen atoms in total. The van der Waals surface area contributed by atoms with E-state index in [1.54, 1.807) is 19.9 Å². The fraction of sp³-hybridized carbons (Fsp3) is 0.714. The predicted molar refractivity (Wildman–Crippen MR) is 83.4 cm³/mol. The number of hydrogen-bond donors (Lipinski definition) is 1. The van der Waals surface area contributed by atoms with Gasteiger partial charge < -0.3 is 5.11 Å². The van der Waals surface area contributed by atoms with Crippen LogP contribution in [0.2, 0.25) is 0 Å². The van der Waals surface area contributed by atoms with Crippen molar-refractivity contribution in [3.05, 3.63) is 21.9 Å². The van der Waals surface area contributed by atoms with Gasteiger partial charge in [0.15, 0.2) is 0 Å². The Morgan fingerprint density at radius 3 is 3.00 bits per heavy atom. The van der Waals surface area contributed by atoms with Crippen molar-refractivity contribution in [1.29, 1.82) is 0 Å². The predicted octanol–water partition coefficient (Wildman–Crippen LogP) is 1.62. The Labute approximate surface area is 130 Å². The van der Waals surface area contributed by atoms with E-state index in [2.05, 4.69) is 0 Å². The summed E-state index contributed by atoms with van der Waals surface area (Å²) in [6, 6.07) is 1.94. The highest BCUT2D eigenvalue weighted by atomic mass is 32.2. The molecule has 3 heterocycles. The van der Waals surface area contributed by atoms with Crippen molar-refractivity contribution >= 4 is 21.5 Å². The molecule has 2 aliphatic rings. The molecule has 3 rings (SSSR count). The third-order valence-electron chi connectivity index (χ3n) is 4.58. The van der Waals surface area contributed by atoms with Crippen molar-refractivity contribution in [3.63, 3.8) is 0 Å². The molecule has 7 heteroatoms. The van der Waals surface area contributed by atoms with E-state index in [0.29, 0.717) is 19.6 Å². The first-order chi connectivity index (χ1) is 10.0. The van der Waals surface area contributed by atoms with Gasteiger partial charge in [0.2, 0.25) is 0 Å². The Morgan fingerprint density at radius 1 is 1.43 bits per heavy atom. The normalized spacial score (nSPS) is 28.5. The van der Waals surface area contributed by atoms with Crippen LogP contribution < -0.4 is 0 Å². The minimum atomic E-state index is -3.44.